The third-order valence-corrected chi connectivity index (χ3v) is 7.76. The van der Waals surface area contributed by atoms with Crippen molar-refractivity contribution in [3.8, 4) is 23.0 Å². The van der Waals surface area contributed by atoms with Crippen LogP contribution in [0.2, 0.25) is 0 Å². The van der Waals surface area contributed by atoms with Crippen molar-refractivity contribution in [2.24, 2.45) is 0 Å². The summed E-state index contributed by atoms with van der Waals surface area (Å²) in [6, 6.07) is 16.3. The van der Waals surface area contributed by atoms with Crippen molar-refractivity contribution < 1.29 is 32.6 Å². The van der Waals surface area contributed by atoms with E-state index in [-0.39, 0.29) is 40.2 Å². The van der Waals surface area contributed by atoms with E-state index in [1.165, 1.54) is 12.1 Å². The highest BCUT2D eigenvalue weighted by Gasteiger charge is 2.27. The number of rotatable bonds is 11. The quantitative estimate of drug-likeness (QED) is 0.295. The fourth-order valence-electron chi connectivity index (χ4n) is 3.37. The van der Waals surface area contributed by atoms with Gasteiger partial charge in [-0.25, -0.2) is 8.42 Å². The van der Waals surface area contributed by atoms with Gasteiger partial charge in [-0.1, -0.05) is 31.5 Å². The van der Waals surface area contributed by atoms with Crippen molar-refractivity contribution in [2.45, 2.75) is 56.9 Å². The van der Waals surface area contributed by atoms with Gasteiger partial charge in [-0.2, -0.15) is 0 Å². The minimum atomic E-state index is -3.74. The van der Waals surface area contributed by atoms with E-state index in [1.807, 2.05) is 27.6 Å². The van der Waals surface area contributed by atoms with Gasteiger partial charge in [0.1, 0.15) is 29.4 Å². The molecule has 9 heteroatoms. The van der Waals surface area contributed by atoms with Gasteiger partial charge < -0.3 is 24.7 Å². The van der Waals surface area contributed by atoms with Gasteiger partial charge in [-0.15, -0.1) is 0 Å². The SMILES string of the molecule is C=O.CCC(C)Oc1ccc(Oc2cc(C=O)c(O)cc2NC(CC)S(=O)(=O)c2ccc(C)cc2)cc1. The number of phenolic OH excluding ortho intramolecular Hbond substituents is 1. The average Bonchev–Trinajstić information content (AvgIpc) is 2.90. The Morgan fingerprint density at radius 3 is 2.11 bits per heavy atom. The molecule has 3 rings (SSSR count). The second kappa shape index (κ2) is 13.5. The Hall–Kier alpha value is -3.85. The fourth-order valence-corrected chi connectivity index (χ4v) is 4.93. The Bertz CT molecular complexity index is 1270. The van der Waals surface area contributed by atoms with E-state index in [9.17, 15) is 18.3 Å². The fraction of sp³-hybridized carbons (Fsp3) is 0.286. The summed E-state index contributed by atoms with van der Waals surface area (Å²) < 4.78 is 38.3. The molecule has 0 amide bonds. The van der Waals surface area contributed by atoms with Crippen molar-refractivity contribution in [2.75, 3.05) is 5.32 Å². The van der Waals surface area contributed by atoms with Gasteiger partial charge in [0, 0.05) is 6.07 Å². The number of phenols is 1. The predicted octanol–water partition coefficient (Wildman–Crippen LogP) is 5.92. The lowest BCUT2D eigenvalue weighted by Gasteiger charge is -2.22. The van der Waals surface area contributed by atoms with E-state index in [2.05, 4.69) is 5.32 Å². The summed E-state index contributed by atoms with van der Waals surface area (Å²) in [6.45, 7) is 9.65. The van der Waals surface area contributed by atoms with Gasteiger partial charge in [0.05, 0.1) is 22.3 Å². The zero-order valence-corrected chi connectivity index (χ0v) is 22.2. The summed E-state index contributed by atoms with van der Waals surface area (Å²) in [6.07, 6.45) is 1.72. The van der Waals surface area contributed by atoms with E-state index >= 15 is 0 Å². The molecule has 3 aromatic rings. The van der Waals surface area contributed by atoms with E-state index in [0.29, 0.717) is 17.8 Å². The van der Waals surface area contributed by atoms with Gasteiger partial charge in [0.25, 0.3) is 0 Å². The predicted molar refractivity (Wildman–Crippen MR) is 144 cm³/mol. The number of ether oxygens (including phenoxy) is 2. The molecule has 2 unspecified atom stereocenters. The first-order valence-electron chi connectivity index (χ1n) is 11.8. The molecule has 8 nitrogen and oxygen atoms in total. The second-order valence-corrected chi connectivity index (χ2v) is 10.5. The number of carbonyl (C=O) groups excluding carboxylic acids is 2. The molecule has 0 saturated heterocycles. The first-order valence-corrected chi connectivity index (χ1v) is 13.3. The van der Waals surface area contributed by atoms with Gasteiger partial charge in [-0.05, 0) is 69.2 Å². The number of sulfone groups is 1. The number of hydrogen-bond donors (Lipinski definition) is 2. The molecule has 0 aromatic heterocycles. The largest absolute Gasteiger partial charge is 0.507 e. The number of aromatic hydroxyl groups is 1. The number of aryl methyl sites for hydroxylation is 1. The van der Waals surface area contributed by atoms with Crippen molar-refractivity contribution in [3.05, 3.63) is 71.8 Å². The van der Waals surface area contributed by atoms with Crippen molar-refractivity contribution in [1.29, 1.82) is 0 Å². The summed E-state index contributed by atoms with van der Waals surface area (Å²) in [5.74, 6) is 1.08. The molecule has 0 aliphatic heterocycles. The Kier molecular flexibility index (Phi) is 10.7. The van der Waals surface area contributed by atoms with Gasteiger partial charge in [0.2, 0.25) is 0 Å². The first-order chi connectivity index (χ1) is 17.7. The van der Waals surface area contributed by atoms with E-state index in [0.717, 1.165) is 12.0 Å². The van der Waals surface area contributed by atoms with Crippen LogP contribution in [0, 0.1) is 6.92 Å². The summed E-state index contributed by atoms with van der Waals surface area (Å²) in [4.78, 5) is 19.6. The zero-order valence-electron chi connectivity index (χ0n) is 21.4. The van der Waals surface area contributed by atoms with Crippen LogP contribution in [0.15, 0.2) is 65.6 Å². The Morgan fingerprint density at radius 1 is 0.973 bits per heavy atom. The number of nitrogens with one attached hydrogen (secondary N) is 1. The number of carbonyl (C=O) groups is 2. The molecule has 0 aliphatic rings. The Morgan fingerprint density at radius 2 is 1.57 bits per heavy atom. The Labute approximate surface area is 218 Å². The highest BCUT2D eigenvalue weighted by molar-refractivity contribution is 7.92. The van der Waals surface area contributed by atoms with Crippen LogP contribution in [0.25, 0.3) is 0 Å². The highest BCUT2D eigenvalue weighted by atomic mass is 32.2. The third-order valence-electron chi connectivity index (χ3n) is 5.63. The molecule has 37 heavy (non-hydrogen) atoms. The maximum Gasteiger partial charge on any atom is 0.199 e. The van der Waals surface area contributed by atoms with E-state index in [1.54, 1.807) is 55.5 Å². The molecule has 0 saturated carbocycles. The van der Waals surface area contributed by atoms with E-state index in [4.69, 9.17) is 14.3 Å². The summed E-state index contributed by atoms with van der Waals surface area (Å²) >= 11 is 0. The maximum absolute atomic E-state index is 13.3. The molecule has 2 N–H and O–H groups in total. The van der Waals surface area contributed by atoms with E-state index < -0.39 is 15.2 Å². The van der Waals surface area contributed by atoms with Crippen LogP contribution in [0.5, 0.6) is 23.0 Å². The summed E-state index contributed by atoms with van der Waals surface area (Å²) in [7, 11) is -3.74. The lowest BCUT2D eigenvalue weighted by atomic mass is 10.1. The molecular weight excluding hydrogens is 494 g/mol. The van der Waals surface area contributed by atoms with Gasteiger partial charge in [-0.3, -0.25) is 4.79 Å². The first kappa shape index (κ1) is 29.4. The van der Waals surface area contributed by atoms with Crippen LogP contribution in [-0.4, -0.2) is 38.1 Å². The number of aldehydes is 1. The average molecular weight is 528 g/mol. The van der Waals surface area contributed by atoms with Gasteiger partial charge in [0.15, 0.2) is 21.9 Å². The van der Waals surface area contributed by atoms with Crippen LogP contribution in [-0.2, 0) is 14.6 Å². The smallest absolute Gasteiger partial charge is 0.199 e. The van der Waals surface area contributed by atoms with Gasteiger partial charge >= 0.3 is 0 Å². The van der Waals surface area contributed by atoms with Crippen LogP contribution in [0.1, 0.15) is 49.5 Å². The molecule has 3 aromatic carbocycles. The molecule has 0 bridgehead atoms. The highest BCUT2D eigenvalue weighted by Crippen LogP contribution is 2.37. The monoisotopic (exact) mass is 527 g/mol. The van der Waals surface area contributed by atoms with Crippen LogP contribution < -0.4 is 14.8 Å². The second-order valence-electron chi connectivity index (χ2n) is 8.33. The summed E-state index contributed by atoms with van der Waals surface area (Å²) in [5, 5.41) is 12.3. The summed E-state index contributed by atoms with van der Waals surface area (Å²) in [5.41, 5.74) is 1.22. The topological polar surface area (TPSA) is 119 Å². The normalized spacial score (nSPS) is 12.4. The molecule has 0 heterocycles. The van der Waals surface area contributed by atoms with Crippen molar-refractivity contribution in [1.82, 2.24) is 0 Å². The zero-order chi connectivity index (χ0) is 27.6. The third kappa shape index (κ3) is 7.57. The minimum Gasteiger partial charge on any atom is -0.507 e. The molecule has 0 fully saturated rings. The molecular formula is C28H33NO7S. The van der Waals surface area contributed by atoms with Crippen LogP contribution >= 0.6 is 0 Å². The molecule has 2 atom stereocenters. The lowest BCUT2D eigenvalue weighted by molar-refractivity contribution is -0.0980. The molecule has 0 spiro atoms. The lowest BCUT2D eigenvalue weighted by Crippen LogP contribution is -2.29. The van der Waals surface area contributed by atoms with Crippen molar-refractivity contribution in [3.63, 3.8) is 0 Å². The standard InChI is InChI=1S/C27H31NO6S.CH2O/c1-5-19(4)33-21-9-11-22(12-10-21)34-26-15-20(17-29)25(30)16-24(26)28-27(6-2)35(31,32)23-13-7-18(3)8-14-23;1-2/h7-17,19,27-28,30H,5-6H2,1-4H3;1H2. The number of anilines is 1. The van der Waals surface area contributed by atoms with Crippen LogP contribution in [0.4, 0.5) is 5.69 Å². The molecule has 198 valence electrons. The number of benzene rings is 3. The number of hydrogen-bond acceptors (Lipinski definition) is 8. The molecule has 0 aliphatic carbocycles. The van der Waals surface area contributed by atoms with Crippen LogP contribution in [0.3, 0.4) is 0 Å². The van der Waals surface area contributed by atoms with Crippen molar-refractivity contribution >= 4 is 28.6 Å². The molecule has 0 radical (unpaired) electrons. The Balaban J connectivity index is 0.00000235. The maximum atomic E-state index is 13.3. The minimum absolute atomic E-state index is 0.0247.